The molecule has 1 rings (SSSR count). The highest BCUT2D eigenvalue weighted by molar-refractivity contribution is 6.45. The maximum atomic E-state index is 8.76. The van der Waals surface area contributed by atoms with Gasteiger partial charge in [0.25, 0.3) is 0 Å². The molecule has 1 aromatic rings. The Morgan fingerprint density at radius 1 is 1.33 bits per heavy atom. The van der Waals surface area contributed by atoms with Crippen molar-refractivity contribution in [1.82, 2.24) is 4.98 Å². The Hall–Kier alpha value is -0.825. The van der Waals surface area contributed by atoms with Crippen LogP contribution in [-0.2, 0) is 5.41 Å². The minimum atomic E-state index is 0.0893. The molecule has 3 heteroatoms. The van der Waals surface area contributed by atoms with Crippen LogP contribution in [0.15, 0.2) is 18.5 Å². The van der Waals surface area contributed by atoms with Crippen LogP contribution in [0.4, 0.5) is 0 Å². The van der Waals surface area contributed by atoms with E-state index >= 15 is 0 Å². The molecular formula is C9H13BNO. The summed E-state index contributed by atoms with van der Waals surface area (Å²) >= 11 is 0. The summed E-state index contributed by atoms with van der Waals surface area (Å²) in [5.41, 5.74) is 1.97. The van der Waals surface area contributed by atoms with Crippen LogP contribution in [0.25, 0.3) is 0 Å². The molecule has 0 unspecified atom stereocenters. The Labute approximate surface area is 73.9 Å². The average Bonchev–Trinajstić information content (AvgIpc) is 2.03. The van der Waals surface area contributed by atoms with Gasteiger partial charge in [-0.15, -0.1) is 0 Å². The van der Waals surface area contributed by atoms with Gasteiger partial charge < -0.3 is 5.02 Å². The first-order valence-electron chi connectivity index (χ1n) is 3.97. The van der Waals surface area contributed by atoms with E-state index in [1.807, 2.05) is 12.3 Å². The topological polar surface area (TPSA) is 33.1 Å². The molecule has 0 saturated carbocycles. The zero-order valence-corrected chi connectivity index (χ0v) is 7.70. The second-order valence-electron chi connectivity index (χ2n) is 3.89. The summed E-state index contributed by atoms with van der Waals surface area (Å²) in [6.45, 7) is 6.35. The summed E-state index contributed by atoms with van der Waals surface area (Å²) in [4.78, 5) is 4.03. The van der Waals surface area contributed by atoms with Gasteiger partial charge >= 0.3 is 7.48 Å². The molecule has 12 heavy (non-hydrogen) atoms. The fourth-order valence-electron chi connectivity index (χ4n) is 0.938. The number of aromatic nitrogens is 1. The van der Waals surface area contributed by atoms with Crippen LogP contribution >= 0.6 is 0 Å². The molecule has 0 aliphatic carbocycles. The van der Waals surface area contributed by atoms with Crippen molar-refractivity contribution in [2.24, 2.45) is 0 Å². The third kappa shape index (κ3) is 2.08. The number of nitrogens with zero attached hydrogens (tertiary/aromatic N) is 1. The fourth-order valence-corrected chi connectivity index (χ4v) is 0.938. The lowest BCUT2D eigenvalue weighted by Crippen LogP contribution is -2.19. The third-order valence-electron chi connectivity index (χ3n) is 1.77. The minimum Gasteiger partial charge on any atom is -0.450 e. The van der Waals surface area contributed by atoms with E-state index in [1.54, 1.807) is 6.20 Å². The van der Waals surface area contributed by atoms with Gasteiger partial charge in [-0.1, -0.05) is 26.8 Å². The number of hydrogen-bond donors (Lipinski definition) is 1. The van der Waals surface area contributed by atoms with Gasteiger partial charge in [0.15, 0.2) is 0 Å². The summed E-state index contributed by atoms with van der Waals surface area (Å²) in [6, 6.07) is 1.94. The highest BCUT2D eigenvalue weighted by Gasteiger charge is 2.13. The van der Waals surface area contributed by atoms with Crippen molar-refractivity contribution in [2.75, 3.05) is 0 Å². The van der Waals surface area contributed by atoms with Gasteiger partial charge in [0.1, 0.15) is 0 Å². The molecule has 1 N–H and O–H groups in total. The lowest BCUT2D eigenvalue weighted by atomic mass is 9.83. The van der Waals surface area contributed by atoms with Gasteiger partial charge in [0.2, 0.25) is 0 Å². The molecule has 0 bridgehead atoms. The molecule has 0 aromatic carbocycles. The maximum Gasteiger partial charge on any atom is 0.328 e. The smallest absolute Gasteiger partial charge is 0.328 e. The summed E-state index contributed by atoms with van der Waals surface area (Å²) in [7, 11) is 1.07. The van der Waals surface area contributed by atoms with Crippen molar-refractivity contribution < 1.29 is 5.02 Å². The van der Waals surface area contributed by atoms with Gasteiger partial charge in [-0.2, -0.15) is 0 Å². The third-order valence-corrected chi connectivity index (χ3v) is 1.77. The first-order valence-corrected chi connectivity index (χ1v) is 3.97. The molecule has 0 spiro atoms. The summed E-state index contributed by atoms with van der Waals surface area (Å²) in [6.07, 6.45) is 3.46. The molecule has 63 valence electrons. The molecule has 2 nitrogen and oxygen atoms in total. The first-order chi connectivity index (χ1) is 5.54. The van der Waals surface area contributed by atoms with E-state index in [-0.39, 0.29) is 5.41 Å². The molecule has 0 atom stereocenters. The molecular weight excluding hydrogens is 149 g/mol. The van der Waals surface area contributed by atoms with Crippen molar-refractivity contribution in [3.8, 4) is 0 Å². The van der Waals surface area contributed by atoms with Crippen LogP contribution in [0.1, 0.15) is 26.3 Å². The summed E-state index contributed by atoms with van der Waals surface area (Å²) in [5.74, 6) is 0. The van der Waals surface area contributed by atoms with Crippen molar-refractivity contribution in [3.05, 3.63) is 24.0 Å². The zero-order chi connectivity index (χ0) is 9.19. The van der Waals surface area contributed by atoms with Crippen LogP contribution < -0.4 is 5.46 Å². The number of pyridine rings is 1. The largest absolute Gasteiger partial charge is 0.450 e. The Bertz CT molecular complexity index is 267. The fraction of sp³-hybridized carbons (Fsp3) is 0.444. The molecule has 0 saturated heterocycles. The van der Waals surface area contributed by atoms with Crippen LogP contribution in [-0.4, -0.2) is 17.5 Å². The van der Waals surface area contributed by atoms with Crippen LogP contribution in [0.5, 0.6) is 0 Å². The van der Waals surface area contributed by atoms with E-state index in [1.165, 1.54) is 0 Å². The van der Waals surface area contributed by atoms with Crippen molar-refractivity contribution in [1.29, 1.82) is 0 Å². The molecule has 1 heterocycles. The lowest BCUT2D eigenvalue weighted by molar-refractivity contribution is 0.587. The molecule has 0 amide bonds. The molecule has 1 aromatic heterocycles. The highest BCUT2D eigenvalue weighted by Crippen LogP contribution is 2.19. The van der Waals surface area contributed by atoms with Gasteiger partial charge in [0, 0.05) is 12.4 Å². The monoisotopic (exact) mass is 162 g/mol. The van der Waals surface area contributed by atoms with E-state index in [9.17, 15) is 0 Å². The van der Waals surface area contributed by atoms with Crippen molar-refractivity contribution >= 4 is 12.9 Å². The number of rotatable bonds is 1. The van der Waals surface area contributed by atoms with Crippen LogP contribution in [0.3, 0.4) is 0 Å². The average molecular weight is 162 g/mol. The molecule has 1 radical (unpaired) electrons. The Morgan fingerprint density at radius 2 is 2.00 bits per heavy atom. The molecule has 0 aliphatic rings. The first kappa shape index (κ1) is 9.26. The van der Waals surface area contributed by atoms with Gasteiger partial charge in [-0.3, -0.25) is 4.98 Å². The highest BCUT2D eigenvalue weighted by atomic mass is 16.2. The second-order valence-corrected chi connectivity index (χ2v) is 3.89. The summed E-state index contributed by atoms with van der Waals surface area (Å²) < 4.78 is 0. The lowest BCUT2D eigenvalue weighted by Gasteiger charge is -2.18. The van der Waals surface area contributed by atoms with Gasteiger partial charge in [0.05, 0.1) is 0 Å². The van der Waals surface area contributed by atoms with E-state index < -0.39 is 0 Å². The molecule has 0 fully saturated rings. The Morgan fingerprint density at radius 3 is 2.50 bits per heavy atom. The standard InChI is InChI=1S/C9H13BNO/c1-9(2,3)7-4-8(10-12)6-11-5-7/h4-6,12H,1-3H3. The van der Waals surface area contributed by atoms with Gasteiger partial charge in [-0.05, 0) is 16.4 Å². The normalized spacial score (nSPS) is 11.3. The van der Waals surface area contributed by atoms with Gasteiger partial charge in [-0.25, -0.2) is 0 Å². The zero-order valence-electron chi connectivity index (χ0n) is 7.70. The van der Waals surface area contributed by atoms with Crippen molar-refractivity contribution in [2.45, 2.75) is 26.2 Å². The Balaban J connectivity index is 3.02. The predicted octanol–water partition coefficient (Wildman–Crippen LogP) is 0.616. The van der Waals surface area contributed by atoms with E-state index in [0.717, 1.165) is 18.5 Å². The van der Waals surface area contributed by atoms with Crippen molar-refractivity contribution in [3.63, 3.8) is 0 Å². The quantitative estimate of drug-likeness (QED) is 0.614. The number of hydrogen-bond acceptors (Lipinski definition) is 2. The SMILES string of the molecule is CC(C)(C)c1cncc([B]O)c1. The van der Waals surface area contributed by atoms with E-state index in [0.29, 0.717) is 0 Å². The predicted molar refractivity (Wildman–Crippen MR) is 50.5 cm³/mol. The molecule has 0 aliphatic heterocycles. The minimum absolute atomic E-state index is 0.0893. The Kier molecular flexibility index (Phi) is 2.53. The summed E-state index contributed by atoms with van der Waals surface area (Å²) in [5, 5.41) is 8.76. The van der Waals surface area contributed by atoms with Crippen LogP contribution in [0, 0.1) is 0 Å². The van der Waals surface area contributed by atoms with Crippen LogP contribution in [0.2, 0.25) is 0 Å². The van der Waals surface area contributed by atoms with E-state index in [2.05, 4.69) is 25.8 Å². The maximum absolute atomic E-state index is 8.76. The van der Waals surface area contributed by atoms with E-state index in [4.69, 9.17) is 5.02 Å². The second kappa shape index (κ2) is 3.27.